The molecule has 1 saturated carbocycles. The number of rotatable bonds is 4. The van der Waals surface area contributed by atoms with E-state index in [0.717, 1.165) is 52.1 Å². The summed E-state index contributed by atoms with van der Waals surface area (Å²) in [6.45, 7) is 6.62. The number of benzene rings is 1. The Kier molecular flexibility index (Phi) is 6.56. The zero-order valence-electron chi connectivity index (χ0n) is 19.5. The zero-order valence-corrected chi connectivity index (χ0v) is 19.5. The van der Waals surface area contributed by atoms with Gasteiger partial charge in [-0.05, 0) is 74.1 Å². The highest BCUT2D eigenvalue weighted by Crippen LogP contribution is 2.49. The summed E-state index contributed by atoms with van der Waals surface area (Å²) in [7, 11) is 1.86. The van der Waals surface area contributed by atoms with Crippen LogP contribution in [0.25, 0.3) is 5.57 Å². The number of hydrogen-bond acceptors (Lipinski definition) is 4. The van der Waals surface area contributed by atoms with Crippen molar-refractivity contribution in [3.8, 4) is 0 Å². The Hall–Kier alpha value is -1.52. The second-order valence-corrected chi connectivity index (χ2v) is 10.4. The molecule has 4 nitrogen and oxygen atoms in total. The van der Waals surface area contributed by atoms with Gasteiger partial charge < -0.3 is 19.9 Å². The van der Waals surface area contributed by atoms with Gasteiger partial charge in [0.25, 0.3) is 0 Å². The fourth-order valence-corrected chi connectivity index (χ4v) is 6.45. The van der Waals surface area contributed by atoms with Crippen LogP contribution in [0.5, 0.6) is 0 Å². The lowest BCUT2D eigenvalue weighted by molar-refractivity contribution is 0.0819. The van der Waals surface area contributed by atoms with Crippen molar-refractivity contribution in [3.05, 3.63) is 29.8 Å². The normalized spacial score (nSPS) is 25.0. The second kappa shape index (κ2) is 9.54. The summed E-state index contributed by atoms with van der Waals surface area (Å²) in [5.41, 5.74) is 6.61. The van der Waals surface area contributed by atoms with Crippen LogP contribution in [0, 0.1) is 5.41 Å². The van der Waals surface area contributed by atoms with Gasteiger partial charge in [-0.2, -0.15) is 0 Å². The van der Waals surface area contributed by atoms with E-state index >= 15 is 0 Å². The summed E-state index contributed by atoms with van der Waals surface area (Å²) in [6.07, 6.45) is 16.5. The molecule has 3 fully saturated rings. The number of nitrogens with one attached hydrogen (secondary N) is 1. The molecule has 31 heavy (non-hydrogen) atoms. The number of piperidine rings is 1. The Morgan fingerprint density at radius 1 is 0.935 bits per heavy atom. The summed E-state index contributed by atoms with van der Waals surface area (Å²) in [5, 5.41) is 3.52. The van der Waals surface area contributed by atoms with E-state index in [4.69, 9.17) is 4.74 Å². The summed E-state index contributed by atoms with van der Waals surface area (Å²) in [4.78, 5) is 5.19. The molecule has 2 aliphatic heterocycles. The maximum atomic E-state index is 5.60. The molecule has 1 aromatic rings. The third-order valence-corrected chi connectivity index (χ3v) is 8.54. The summed E-state index contributed by atoms with van der Waals surface area (Å²) in [6, 6.07) is 7.32. The van der Waals surface area contributed by atoms with E-state index in [9.17, 15) is 0 Å². The number of anilines is 2. The number of methoxy groups -OCH3 is 1. The molecule has 0 atom stereocenters. The first kappa shape index (κ1) is 21.3. The molecule has 0 amide bonds. The maximum Gasteiger partial charge on any atom is 0.0605 e. The molecule has 0 aromatic heterocycles. The highest BCUT2D eigenvalue weighted by atomic mass is 16.5. The van der Waals surface area contributed by atoms with Gasteiger partial charge in [-0.1, -0.05) is 25.3 Å². The fraction of sp³-hybridized carbons (Fsp3) is 0.704. The Balaban J connectivity index is 1.41. The van der Waals surface area contributed by atoms with E-state index in [-0.39, 0.29) is 0 Å². The minimum absolute atomic E-state index is 0.434. The monoisotopic (exact) mass is 423 g/mol. The number of piperazine rings is 1. The molecule has 0 unspecified atom stereocenters. The van der Waals surface area contributed by atoms with Gasteiger partial charge in [0.2, 0.25) is 0 Å². The lowest BCUT2D eigenvalue weighted by atomic mass is 9.65. The minimum Gasteiger partial charge on any atom is -0.381 e. The molecule has 0 radical (unpaired) electrons. The Morgan fingerprint density at radius 3 is 2.39 bits per heavy atom. The van der Waals surface area contributed by atoms with Gasteiger partial charge in [-0.3, -0.25) is 0 Å². The zero-order chi connectivity index (χ0) is 21.1. The quantitative estimate of drug-likeness (QED) is 0.718. The van der Waals surface area contributed by atoms with Crippen LogP contribution < -0.4 is 15.1 Å². The van der Waals surface area contributed by atoms with Crippen LogP contribution in [0.2, 0.25) is 0 Å². The molecule has 5 rings (SSSR count). The van der Waals surface area contributed by atoms with Crippen molar-refractivity contribution < 1.29 is 4.74 Å². The van der Waals surface area contributed by atoms with Gasteiger partial charge in [-0.15, -0.1) is 0 Å². The molecular weight excluding hydrogens is 382 g/mol. The molecule has 2 saturated heterocycles. The van der Waals surface area contributed by atoms with Crippen molar-refractivity contribution in [2.75, 3.05) is 56.2 Å². The van der Waals surface area contributed by atoms with Gasteiger partial charge in [0, 0.05) is 63.3 Å². The number of ether oxygens (including phenoxy) is 1. The third-order valence-electron chi connectivity index (χ3n) is 8.54. The fourth-order valence-electron chi connectivity index (χ4n) is 6.45. The first-order valence-corrected chi connectivity index (χ1v) is 12.8. The van der Waals surface area contributed by atoms with Crippen LogP contribution in [0.3, 0.4) is 0 Å². The van der Waals surface area contributed by atoms with Crippen LogP contribution in [-0.2, 0) is 4.74 Å². The van der Waals surface area contributed by atoms with Crippen molar-refractivity contribution >= 4 is 16.9 Å². The number of hydrogen-bond donors (Lipinski definition) is 1. The van der Waals surface area contributed by atoms with Crippen LogP contribution in [0.1, 0.15) is 69.8 Å². The summed E-state index contributed by atoms with van der Waals surface area (Å²) >= 11 is 0. The van der Waals surface area contributed by atoms with Crippen molar-refractivity contribution in [2.24, 2.45) is 5.41 Å². The summed E-state index contributed by atoms with van der Waals surface area (Å²) < 4.78 is 5.60. The van der Waals surface area contributed by atoms with Crippen molar-refractivity contribution in [1.82, 2.24) is 5.32 Å². The average molecular weight is 424 g/mol. The van der Waals surface area contributed by atoms with Gasteiger partial charge in [0.15, 0.2) is 0 Å². The molecule has 0 bridgehead atoms. The van der Waals surface area contributed by atoms with E-state index in [1.807, 2.05) is 7.11 Å². The predicted octanol–water partition coefficient (Wildman–Crippen LogP) is 5.23. The highest BCUT2D eigenvalue weighted by Gasteiger charge is 2.34. The third kappa shape index (κ3) is 4.66. The topological polar surface area (TPSA) is 27.7 Å². The molecule has 1 spiro atoms. The standard InChI is InChI=1S/C27H41N3O/c1-31-24-9-17-29(18-10-24)23-5-6-26(30-19-15-28-16-20-30)25(21-23)22-7-13-27(14-8-22)11-3-2-4-12-27/h5-7,21,24,28H,2-4,8-20H2,1H3. The van der Waals surface area contributed by atoms with Crippen LogP contribution in [0.15, 0.2) is 24.3 Å². The smallest absolute Gasteiger partial charge is 0.0605 e. The van der Waals surface area contributed by atoms with E-state index < -0.39 is 0 Å². The Morgan fingerprint density at radius 2 is 1.71 bits per heavy atom. The lowest BCUT2D eigenvalue weighted by Crippen LogP contribution is -2.44. The molecule has 170 valence electrons. The van der Waals surface area contributed by atoms with Crippen molar-refractivity contribution in [3.63, 3.8) is 0 Å². The first-order chi connectivity index (χ1) is 15.3. The van der Waals surface area contributed by atoms with Gasteiger partial charge in [0.05, 0.1) is 6.10 Å². The lowest BCUT2D eigenvalue weighted by Gasteiger charge is -2.41. The summed E-state index contributed by atoms with van der Waals surface area (Å²) in [5.74, 6) is 0. The van der Waals surface area contributed by atoms with Crippen LogP contribution in [-0.4, -0.2) is 52.5 Å². The SMILES string of the molecule is COC1CCN(c2ccc(N3CCNCC3)c(C3=CCC4(CCCCC4)CC3)c2)CC1. The molecule has 2 heterocycles. The minimum atomic E-state index is 0.434. The average Bonchev–Trinajstić information content (AvgIpc) is 2.85. The predicted molar refractivity (Wildman–Crippen MR) is 131 cm³/mol. The molecule has 2 aliphatic carbocycles. The Labute approximate surface area is 189 Å². The maximum absolute atomic E-state index is 5.60. The molecule has 1 N–H and O–H groups in total. The van der Waals surface area contributed by atoms with Crippen LogP contribution in [0.4, 0.5) is 11.4 Å². The van der Waals surface area contributed by atoms with Crippen molar-refractivity contribution in [1.29, 1.82) is 0 Å². The number of allylic oxidation sites excluding steroid dienone is 2. The second-order valence-electron chi connectivity index (χ2n) is 10.4. The van der Waals surface area contributed by atoms with E-state index in [1.165, 1.54) is 68.3 Å². The van der Waals surface area contributed by atoms with E-state index in [0.29, 0.717) is 11.5 Å². The van der Waals surface area contributed by atoms with E-state index in [1.54, 1.807) is 5.57 Å². The molecule has 4 heteroatoms. The van der Waals surface area contributed by atoms with Gasteiger partial charge in [-0.25, -0.2) is 0 Å². The van der Waals surface area contributed by atoms with Crippen molar-refractivity contribution in [2.45, 2.75) is 70.3 Å². The van der Waals surface area contributed by atoms with Crippen LogP contribution >= 0.6 is 0 Å². The van der Waals surface area contributed by atoms with E-state index in [2.05, 4.69) is 39.4 Å². The van der Waals surface area contributed by atoms with Gasteiger partial charge >= 0.3 is 0 Å². The van der Waals surface area contributed by atoms with Gasteiger partial charge in [0.1, 0.15) is 0 Å². The first-order valence-electron chi connectivity index (χ1n) is 12.8. The highest BCUT2D eigenvalue weighted by molar-refractivity contribution is 5.80. The number of nitrogens with zero attached hydrogens (tertiary/aromatic N) is 2. The molecule has 1 aromatic carbocycles. The Bertz CT molecular complexity index is 769. The largest absolute Gasteiger partial charge is 0.381 e. The molecular formula is C27H41N3O. The molecule has 4 aliphatic rings.